The third-order valence-electron chi connectivity index (χ3n) is 4.94. The second-order valence-corrected chi connectivity index (χ2v) is 6.81. The van der Waals surface area contributed by atoms with E-state index < -0.39 is 0 Å². The van der Waals surface area contributed by atoms with Crippen molar-refractivity contribution in [1.82, 2.24) is 5.32 Å². The Hall–Kier alpha value is -0.0800. The Balaban J connectivity index is 2.85. The van der Waals surface area contributed by atoms with Crippen LogP contribution in [0.4, 0.5) is 0 Å². The number of hydrogen-bond acceptors (Lipinski definition) is 2. The first-order chi connectivity index (χ1) is 8.96. The summed E-state index contributed by atoms with van der Waals surface area (Å²) in [5.74, 6) is 2.48. The lowest BCUT2D eigenvalue weighted by atomic mass is 9.69. The fourth-order valence-electron chi connectivity index (χ4n) is 4.12. The number of ether oxygens (including phenoxy) is 1. The van der Waals surface area contributed by atoms with Crippen molar-refractivity contribution in [2.24, 2.45) is 17.8 Å². The molecule has 114 valence electrons. The van der Waals surface area contributed by atoms with Crippen LogP contribution in [0.25, 0.3) is 0 Å². The minimum atomic E-state index is -0.0216. The summed E-state index contributed by atoms with van der Waals surface area (Å²) in [4.78, 5) is 0. The molecule has 1 fully saturated rings. The van der Waals surface area contributed by atoms with Gasteiger partial charge in [-0.25, -0.2) is 0 Å². The molecule has 4 unspecified atom stereocenters. The van der Waals surface area contributed by atoms with E-state index in [4.69, 9.17) is 4.74 Å². The van der Waals surface area contributed by atoms with Crippen molar-refractivity contribution in [1.29, 1.82) is 0 Å². The maximum Gasteiger partial charge on any atom is 0.0806 e. The van der Waals surface area contributed by atoms with E-state index in [0.717, 1.165) is 37.3 Å². The quantitative estimate of drug-likeness (QED) is 0.746. The standard InChI is InChI=1S/C17H35NO/c1-7-17(6,19-9-3)16(18-8-2)15-11-13(4)10-14(5)12-15/h13-16,18H,7-12H2,1-6H3. The van der Waals surface area contributed by atoms with E-state index in [2.05, 4.69) is 46.9 Å². The van der Waals surface area contributed by atoms with Crippen LogP contribution < -0.4 is 5.32 Å². The number of likely N-dealkylation sites (N-methyl/N-ethyl adjacent to an activating group) is 1. The lowest BCUT2D eigenvalue weighted by Gasteiger charge is -2.45. The van der Waals surface area contributed by atoms with Gasteiger partial charge < -0.3 is 10.1 Å². The maximum absolute atomic E-state index is 6.15. The molecule has 19 heavy (non-hydrogen) atoms. The molecule has 0 spiro atoms. The summed E-state index contributed by atoms with van der Waals surface area (Å²) >= 11 is 0. The van der Waals surface area contributed by atoms with Crippen molar-refractivity contribution in [3.05, 3.63) is 0 Å². The van der Waals surface area contributed by atoms with E-state index in [1.807, 2.05) is 0 Å². The zero-order chi connectivity index (χ0) is 14.5. The Morgan fingerprint density at radius 2 is 1.68 bits per heavy atom. The lowest BCUT2D eigenvalue weighted by Crippen LogP contribution is -2.55. The van der Waals surface area contributed by atoms with Gasteiger partial charge in [0.15, 0.2) is 0 Å². The highest BCUT2D eigenvalue weighted by Crippen LogP contribution is 2.39. The minimum Gasteiger partial charge on any atom is -0.374 e. The summed E-state index contributed by atoms with van der Waals surface area (Å²) < 4.78 is 6.15. The first-order valence-electron chi connectivity index (χ1n) is 8.34. The van der Waals surface area contributed by atoms with Crippen LogP contribution in [0.1, 0.15) is 67.2 Å². The Morgan fingerprint density at radius 1 is 1.11 bits per heavy atom. The van der Waals surface area contributed by atoms with Gasteiger partial charge in [0, 0.05) is 12.6 Å². The highest BCUT2D eigenvalue weighted by Gasteiger charge is 2.40. The van der Waals surface area contributed by atoms with Gasteiger partial charge in [-0.05, 0) is 63.8 Å². The molecule has 0 radical (unpaired) electrons. The molecule has 0 heterocycles. The SMILES string of the molecule is CCNC(C1CC(C)CC(C)C1)C(C)(CC)OCC. The molecule has 0 aromatic heterocycles. The normalized spacial score (nSPS) is 32.8. The third kappa shape index (κ3) is 4.46. The molecule has 4 atom stereocenters. The van der Waals surface area contributed by atoms with Gasteiger partial charge in [-0.3, -0.25) is 0 Å². The van der Waals surface area contributed by atoms with Gasteiger partial charge in [0.1, 0.15) is 0 Å². The average molecular weight is 269 g/mol. The van der Waals surface area contributed by atoms with Gasteiger partial charge in [0.2, 0.25) is 0 Å². The molecule has 0 aromatic rings. The molecule has 1 saturated carbocycles. The summed E-state index contributed by atoms with van der Waals surface area (Å²) in [6, 6.07) is 0.493. The predicted octanol–water partition coefficient (Wildman–Crippen LogP) is 4.24. The molecule has 0 bridgehead atoms. The van der Waals surface area contributed by atoms with Gasteiger partial charge in [-0.1, -0.05) is 27.7 Å². The Bertz CT molecular complexity index is 246. The van der Waals surface area contributed by atoms with Gasteiger partial charge >= 0.3 is 0 Å². The molecular weight excluding hydrogens is 234 g/mol. The van der Waals surface area contributed by atoms with E-state index in [1.54, 1.807) is 0 Å². The molecular formula is C17H35NO. The molecule has 1 aliphatic carbocycles. The zero-order valence-electron chi connectivity index (χ0n) is 14.0. The van der Waals surface area contributed by atoms with Gasteiger partial charge in [-0.15, -0.1) is 0 Å². The van der Waals surface area contributed by atoms with Crippen LogP contribution in [0.2, 0.25) is 0 Å². The summed E-state index contributed by atoms with van der Waals surface area (Å²) in [7, 11) is 0. The zero-order valence-corrected chi connectivity index (χ0v) is 14.0. The smallest absolute Gasteiger partial charge is 0.0806 e. The highest BCUT2D eigenvalue weighted by atomic mass is 16.5. The van der Waals surface area contributed by atoms with Crippen LogP contribution in [0.3, 0.4) is 0 Å². The Kier molecular flexibility index (Phi) is 6.82. The van der Waals surface area contributed by atoms with Crippen LogP contribution >= 0.6 is 0 Å². The fraction of sp³-hybridized carbons (Fsp3) is 1.00. The largest absolute Gasteiger partial charge is 0.374 e. The van der Waals surface area contributed by atoms with Crippen molar-refractivity contribution < 1.29 is 4.74 Å². The molecule has 1 aliphatic rings. The average Bonchev–Trinajstić information content (AvgIpc) is 2.34. The Morgan fingerprint density at radius 3 is 2.11 bits per heavy atom. The van der Waals surface area contributed by atoms with Gasteiger partial charge in [0.05, 0.1) is 5.60 Å². The van der Waals surface area contributed by atoms with E-state index in [1.165, 1.54) is 19.3 Å². The first kappa shape index (κ1) is 17.0. The summed E-state index contributed by atoms with van der Waals surface area (Å²) in [6.45, 7) is 15.6. The minimum absolute atomic E-state index is 0.0216. The Labute approximate surface area is 120 Å². The van der Waals surface area contributed by atoms with Crippen LogP contribution in [-0.4, -0.2) is 24.8 Å². The number of rotatable bonds is 7. The third-order valence-corrected chi connectivity index (χ3v) is 4.94. The summed E-state index contributed by atoms with van der Waals surface area (Å²) in [5, 5.41) is 3.74. The maximum atomic E-state index is 6.15. The monoisotopic (exact) mass is 269 g/mol. The second-order valence-electron chi connectivity index (χ2n) is 6.81. The van der Waals surface area contributed by atoms with Gasteiger partial charge in [-0.2, -0.15) is 0 Å². The second kappa shape index (κ2) is 7.64. The molecule has 1 N–H and O–H groups in total. The van der Waals surface area contributed by atoms with Crippen molar-refractivity contribution in [3.63, 3.8) is 0 Å². The fourth-order valence-corrected chi connectivity index (χ4v) is 4.12. The van der Waals surface area contributed by atoms with Crippen molar-refractivity contribution >= 4 is 0 Å². The molecule has 0 amide bonds. The van der Waals surface area contributed by atoms with Crippen LogP contribution in [0.15, 0.2) is 0 Å². The summed E-state index contributed by atoms with van der Waals surface area (Å²) in [6.07, 6.45) is 5.18. The molecule has 0 aliphatic heterocycles. The molecule has 0 aromatic carbocycles. The van der Waals surface area contributed by atoms with E-state index in [-0.39, 0.29) is 5.60 Å². The van der Waals surface area contributed by atoms with Crippen LogP contribution in [-0.2, 0) is 4.74 Å². The number of nitrogens with one attached hydrogen (secondary N) is 1. The molecule has 1 rings (SSSR count). The van der Waals surface area contributed by atoms with Crippen LogP contribution in [0, 0.1) is 17.8 Å². The van der Waals surface area contributed by atoms with E-state index >= 15 is 0 Å². The number of hydrogen-bond donors (Lipinski definition) is 1. The highest BCUT2D eigenvalue weighted by molar-refractivity contribution is 4.95. The molecule has 2 heteroatoms. The van der Waals surface area contributed by atoms with E-state index in [9.17, 15) is 0 Å². The molecule has 0 saturated heterocycles. The van der Waals surface area contributed by atoms with Gasteiger partial charge in [0.25, 0.3) is 0 Å². The molecule has 2 nitrogen and oxygen atoms in total. The van der Waals surface area contributed by atoms with Crippen molar-refractivity contribution in [2.75, 3.05) is 13.2 Å². The lowest BCUT2D eigenvalue weighted by molar-refractivity contribution is -0.0768. The van der Waals surface area contributed by atoms with Crippen molar-refractivity contribution in [2.45, 2.75) is 78.9 Å². The summed E-state index contributed by atoms with van der Waals surface area (Å²) in [5.41, 5.74) is -0.0216. The van der Waals surface area contributed by atoms with Crippen molar-refractivity contribution in [3.8, 4) is 0 Å². The first-order valence-corrected chi connectivity index (χ1v) is 8.34. The topological polar surface area (TPSA) is 21.3 Å². The van der Waals surface area contributed by atoms with Crippen LogP contribution in [0.5, 0.6) is 0 Å². The predicted molar refractivity (Wildman–Crippen MR) is 83.5 cm³/mol. The van der Waals surface area contributed by atoms with E-state index in [0.29, 0.717) is 6.04 Å².